The van der Waals surface area contributed by atoms with E-state index in [9.17, 15) is 10.1 Å². The van der Waals surface area contributed by atoms with Crippen LogP contribution in [0, 0.1) is 10.1 Å². The number of nitrogen functional groups attached to an aromatic ring is 1. The summed E-state index contributed by atoms with van der Waals surface area (Å²) in [6.07, 6.45) is 16.2. The van der Waals surface area contributed by atoms with Crippen LogP contribution in [0.15, 0.2) is 49.1 Å². The van der Waals surface area contributed by atoms with Crippen LogP contribution in [0.2, 0.25) is 0 Å². The Labute approximate surface area is 273 Å². The Bertz CT molecular complexity index is 1740. The van der Waals surface area contributed by atoms with E-state index in [0.717, 1.165) is 61.8 Å². The molecule has 2 saturated carbocycles. The van der Waals surface area contributed by atoms with Crippen LogP contribution < -0.4 is 5.73 Å². The monoisotopic (exact) mass is 622 g/mol. The molecule has 8 rings (SSSR count). The first-order chi connectivity index (χ1) is 22.5. The molecule has 46 heavy (non-hydrogen) atoms. The number of nitrogens with two attached hydrogens (primary N) is 1. The zero-order valence-corrected chi connectivity index (χ0v) is 27.6. The van der Waals surface area contributed by atoms with Gasteiger partial charge in [-0.25, -0.2) is 0 Å². The minimum absolute atomic E-state index is 0.180. The number of aryl methyl sites for hydroxylation is 1. The molecule has 2 aliphatic carbocycles. The lowest BCUT2D eigenvalue weighted by molar-refractivity contribution is -0.384. The fraction of sp³-hybridized carbons (Fsp3) is 0.526. The SMILES string of the molecule is C=CCn1c2c(c3cc([N+](=O)[O-])ccc31)CN(C1CCCC1)CC2.CCCn1c2c(c3cc(N)ccc31)CN(C1CCCC1)CC2. The van der Waals surface area contributed by atoms with E-state index in [1.54, 1.807) is 23.4 Å². The van der Waals surface area contributed by atoms with Gasteiger partial charge in [-0.1, -0.05) is 38.7 Å². The highest BCUT2D eigenvalue weighted by Gasteiger charge is 2.31. The molecule has 4 aromatic rings. The van der Waals surface area contributed by atoms with Gasteiger partial charge in [-0.3, -0.25) is 19.9 Å². The first kappa shape index (κ1) is 31.0. The van der Waals surface area contributed by atoms with Gasteiger partial charge in [-0.2, -0.15) is 0 Å². The lowest BCUT2D eigenvalue weighted by Gasteiger charge is -2.33. The molecule has 8 heteroatoms. The highest BCUT2D eigenvalue weighted by Crippen LogP contribution is 2.37. The first-order valence-corrected chi connectivity index (χ1v) is 17.7. The molecule has 0 unspecified atom stereocenters. The van der Waals surface area contributed by atoms with Gasteiger partial charge in [0.05, 0.1) is 4.92 Å². The molecule has 0 amide bonds. The summed E-state index contributed by atoms with van der Waals surface area (Å²) in [6, 6.07) is 13.2. The predicted octanol–water partition coefficient (Wildman–Crippen LogP) is 7.97. The van der Waals surface area contributed by atoms with Crippen molar-refractivity contribution in [3.63, 3.8) is 0 Å². The normalized spacial score (nSPS) is 19.3. The molecule has 2 aliphatic heterocycles. The molecule has 4 aliphatic rings. The van der Waals surface area contributed by atoms with Crippen LogP contribution in [-0.4, -0.2) is 49.0 Å². The Morgan fingerprint density at radius 1 is 0.848 bits per heavy atom. The van der Waals surface area contributed by atoms with E-state index in [0.29, 0.717) is 6.04 Å². The summed E-state index contributed by atoms with van der Waals surface area (Å²) < 4.78 is 4.84. The first-order valence-electron chi connectivity index (χ1n) is 17.7. The van der Waals surface area contributed by atoms with Crippen molar-refractivity contribution in [3.8, 4) is 0 Å². The van der Waals surface area contributed by atoms with Crippen LogP contribution in [0.25, 0.3) is 21.8 Å². The Balaban J connectivity index is 0.000000147. The number of allylic oxidation sites excluding steroid dienone is 1. The summed E-state index contributed by atoms with van der Waals surface area (Å²) in [5.74, 6) is 0. The van der Waals surface area contributed by atoms with Gasteiger partial charge < -0.3 is 14.9 Å². The number of nitrogens with zero attached hydrogens (tertiary/aromatic N) is 5. The number of nitro benzene ring substituents is 1. The summed E-state index contributed by atoms with van der Waals surface area (Å²) in [5, 5.41) is 13.6. The van der Waals surface area contributed by atoms with Crippen LogP contribution >= 0.6 is 0 Å². The Morgan fingerprint density at radius 2 is 1.39 bits per heavy atom. The molecule has 2 N–H and O–H groups in total. The average molecular weight is 623 g/mol. The second-order valence-corrected chi connectivity index (χ2v) is 14.0. The lowest BCUT2D eigenvalue weighted by Crippen LogP contribution is -2.38. The van der Waals surface area contributed by atoms with E-state index in [-0.39, 0.29) is 10.6 Å². The lowest BCUT2D eigenvalue weighted by atomic mass is 10.0. The number of nitro groups is 1. The van der Waals surface area contributed by atoms with E-state index in [1.807, 2.05) is 12.1 Å². The molecule has 2 aromatic carbocycles. The maximum absolute atomic E-state index is 11.2. The highest BCUT2D eigenvalue weighted by atomic mass is 16.6. The van der Waals surface area contributed by atoms with E-state index in [2.05, 4.69) is 50.6 Å². The Hall–Kier alpha value is -3.62. The van der Waals surface area contributed by atoms with Gasteiger partial charge in [0.1, 0.15) is 0 Å². The van der Waals surface area contributed by atoms with Crippen molar-refractivity contribution in [1.29, 1.82) is 0 Å². The number of rotatable bonds is 7. The van der Waals surface area contributed by atoms with Crippen LogP contribution in [0.4, 0.5) is 11.4 Å². The minimum atomic E-state index is -0.297. The van der Waals surface area contributed by atoms with E-state index >= 15 is 0 Å². The van der Waals surface area contributed by atoms with E-state index < -0.39 is 0 Å². The highest BCUT2D eigenvalue weighted by molar-refractivity contribution is 5.89. The molecular weight excluding hydrogens is 572 g/mol. The second kappa shape index (κ2) is 13.2. The Kier molecular flexibility index (Phi) is 8.93. The summed E-state index contributed by atoms with van der Waals surface area (Å²) >= 11 is 0. The van der Waals surface area contributed by atoms with Crippen molar-refractivity contribution < 1.29 is 4.92 Å². The number of non-ortho nitro benzene ring substituents is 1. The molecule has 2 aromatic heterocycles. The third kappa shape index (κ3) is 5.75. The molecule has 4 heterocycles. The van der Waals surface area contributed by atoms with Gasteiger partial charge in [0, 0.05) is 115 Å². The summed E-state index contributed by atoms with van der Waals surface area (Å²) in [4.78, 5) is 16.2. The average Bonchev–Trinajstić information content (AvgIpc) is 3.89. The van der Waals surface area contributed by atoms with Crippen LogP contribution in [0.5, 0.6) is 0 Å². The second-order valence-electron chi connectivity index (χ2n) is 14.0. The van der Waals surface area contributed by atoms with Crippen molar-refractivity contribution in [3.05, 3.63) is 81.7 Å². The number of hydrogen-bond acceptors (Lipinski definition) is 5. The zero-order chi connectivity index (χ0) is 31.8. The number of benzene rings is 2. The molecule has 2 fully saturated rings. The maximum Gasteiger partial charge on any atom is 0.270 e. The third-order valence-electron chi connectivity index (χ3n) is 11.2. The molecule has 0 spiro atoms. The van der Waals surface area contributed by atoms with Gasteiger partial charge in [-0.05, 0) is 67.5 Å². The van der Waals surface area contributed by atoms with Gasteiger partial charge in [0.25, 0.3) is 5.69 Å². The topological polar surface area (TPSA) is 85.5 Å². The fourth-order valence-corrected chi connectivity index (χ4v) is 9.04. The molecular formula is C38H50N6O2. The number of anilines is 1. The zero-order valence-electron chi connectivity index (χ0n) is 27.6. The molecule has 0 bridgehead atoms. The summed E-state index contributed by atoms with van der Waals surface area (Å²) in [6.45, 7) is 12.4. The van der Waals surface area contributed by atoms with Crippen molar-refractivity contribution >= 4 is 33.2 Å². The largest absolute Gasteiger partial charge is 0.399 e. The Morgan fingerprint density at radius 3 is 1.96 bits per heavy atom. The van der Waals surface area contributed by atoms with Gasteiger partial charge >= 0.3 is 0 Å². The van der Waals surface area contributed by atoms with Crippen LogP contribution in [0.3, 0.4) is 0 Å². The van der Waals surface area contributed by atoms with Crippen LogP contribution in [0.1, 0.15) is 87.2 Å². The third-order valence-corrected chi connectivity index (χ3v) is 11.2. The van der Waals surface area contributed by atoms with Crippen molar-refractivity contribution in [2.45, 2.75) is 116 Å². The van der Waals surface area contributed by atoms with Crippen LogP contribution in [-0.2, 0) is 39.0 Å². The molecule has 244 valence electrons. The van der Waals surface area contributed by atoms with Crippen molar-refractivity contribution in [2.75, 3.05) is 18.8 Å². The van der Waals surface area contributed by atoms with Crippen molar-refractivity contribution in [1.82, 2.24) is 18.9 Å². The minimum Gasteiger partial charge on any atom is -0.399 e. The van der Waals surface area contributed by atoms with Gasteiger partial charge in [0.2, 0.25) is 0 Å². The quantitative estimate of drug-likeness (QED) is 0.0978. The maximum atomic E-state index is 11.2. The standard InChI is InChI=1S/C19H23N3O2.C19H27N3/c1-2-10-21-18-8-7-15(22(23)24)12-16(18)17-13-20(11-9-19(17)21)14-5-3-4-6-14;1-2-10-22-18-8-7-14(20)12-16(18)17-13-21(11-9-19(17)22)15-5-3-4-6-15/h2,7-8,12,14H,1,3-6,9-11,13H2;7-8,12,15H,2-6,9-11,13,20H2,1H3. The number of hydrogen-bond donors (Lipinski definition) is 1. The molecule has 0 saturated heterocycles. The number of aromatic nitrogens is 2. The summed E-state index contributed by atoms with van der Waals surface area (Å²) in [5.41, 5.74) is 15.4. The van der Waals surface area contributed by atoms with E-state index in [4.69, 9.17) is 5.73 Å². The molecule has 0 atom stereocenters. The van der Waals surface area contributed by atoms with Gasteiger partial charge in [0.15, 0.2) is 0 Å². The molecule has 8 nitrogen and oxygen atoms in total. The smallest absolute Gasteiger partial charge is 0.270 e. The number of fused-ring (bicyclic) bond motifs is 6. The van der Waals surface area contributed by atoms with Gasteiger partial charge in [-0.15, -0.1) is 6.58 Å². The van der Waals surface area contributed by atoms with Crippen molar-refractivity contribution in [2.24, 2.45) is 0 Å². The summed E-state index contributed by atoms with van der Waals surface area (Å²) in [7, 11) is 0. The fourth-order valence-electron chi connectivity index (χ4n) is 9.04. The molecule has 0 radical (unpaired) electrons. The predicted molar refractivity (Wildman–Crippen MR) is 188 cm³/mol. The van der Waals surface area contributed by atoms with E-state index in [1.165, 1.54) is 92.9 Å².